The van der Waals surface area contributed by atoms with Crippen LogP contribution >= 0.6 is 0 Å². The van der Waals surface area contributed by atoms with Crippen molar-refractivity contribution in [1.82, 2.24) is 15.0 Å². The predicted molar refractivity (Wildman–Crippen MR) is 44.8 cm³/mol. The summed E-state index contributed by atoms with van der Waals surface area (Å²) in [5.74, 6) is 0.297. The molecule has 0 aromatic carbocycles. The van der Waals surface area contributed by atoms with E-state index in [1.54, 1.807) is 6.07 Å². The number of aromatic nitrogens is 3. The Hall–Kier alpha value is -2.11. The first-order chi connectivity index (χ1) is 6.25. The number of furan rings is 1. The van der Waals surface area contributed by atoms with Crippen LogP contribution in [0.25, 0.3) is 11.4 Å². The zero-order valence-corrected chi connectivity index (χ0v) is 6.52. The standard InChI is InChI=1S/C7H6N4O2/c8-6-9-5(10-7(12)11-6)4-1-2-13-3-4/h1-3H,(H3,8,9,10,11,12). The van der Waals surface area contributed by atoms with Gasteiger partial charge < -0.3 is 10.2 Å². The lowest BCUT2D eigenvalue weighted by molar-refractivity contribution is 0.568. The Labute approximate surface area is 72.4 Å². The van der Waals surface area contributed by atoms with E-state index >= 15 is 0 Å². The minimum Gasteiger partial charge on any atom is -0.472 e. The smallest absolute Gasteiger partial charge is 0.349 e. The van der Waals surface area contributed by atoms with Crippen LogP contribution in [0.3, 0.4) is 0 Å². The van der Waals surface area contributed by atoms with Gasteiger partial charge in [0.25, 0.3) is 0 Å². The van der Waals surface area contributed by atoms with E-state index in [-0.39, 0.29) is 5.95 Å². The van der Waals surface area contributed by atoms with Gasteiger partial charge in [0, 0.05) is 0 Å². The summed E-state index contributed by atoms with van der Waals surface area (Å²) in [5.41, 5.74) is 5.43. The first-order valence-corrected chi connectivity index (χ1v) is 3.52. The second-order valence-electron chi connectivity index (χ2n) is 2.37. The highest BCUT2D eigenvalue weighted by Crippen LogP contribution is 2.12. The fourth-order valence-corrected chi connectivity index (χ4v) is 0.937. The quantitative estimate of drug-likeness (QED) is 0.640. The second kappa shape index (κ2) is 2.74. The Bertz CT molecular complexity index is 460. The van der Waals surface area contributed by atoms with E-state index in [1.807, 2.05) is 0 Å². The molecule has 0 saturated heterocycles. The normalized spacial score (nSPS) is 10.2. The summed E-state index contributed by atoms with van der Waals surface area (Å²) in [4.78, 5) is 20.5. The molecular formula is C7H6N4O2. The summed E-state index contributed by atoms with van der Waals surface area (Å²) < 4.78 is 4.83. The minimum absolute atomic E-state index is 0.0556. The molecule has 0 unspecified atom stereocenters. The summed E-state index contributed by atoms with van der Waals surface area (Å²) in [5, 5.41) is 0. The molecule has 6 nitrogen and oxygen atoms in total. The topological polar surface area (TPSA) is 97.8 Å². The number of nitrogens with two attached hydrogens (primary N) is 1. The molecule has 0 aliphatic rings. The van der Waals surface area contributed by atoms with Crippen LogP contribution in [0.4, 0.5) is 5.95 Å². The molecule has 0 spiro atoms. The van der Waals surface area contributed by atoms with Crippen molar-refractivity contribution in [1.29, 1.82) is 0 Å². The average Bonchev–Trinajstić information content (AvgIpc) is 2.53. The van der Waals surface area contributed by atoms with E-state index in [9.17, 15) is 4.79 Å². The second-order valence-corrected chi connectivity index (χ2v) is 2.37. The summed E-state index contributed by atoms with van der Waals surface area (Å²) in [6.07, 6.45) is 2.93. The molecule has 0 bridgehead atoms. The van der Waals surface area contributed by atoms with Gasteiger partial charge in [-0.15, -0.1) is 0 Å². The number of hydrogen-bond acceptors (Lipinski definition) is 5. The van der Waals surface area contributed by atoms with Crippen molar-refractivity contribution >= 4 is 5.95 Å². The van der Waals surface area contributed by atoms with E-state index in [2.05, 4.69) is 15.0 Å². The number of rotatable bonds is 1. The average molecular weight is 178 g/mol. The van der Waals surface area contributed by atoms with Crippen LogP contribution in [0.1, 0.15) is 0 Å². The lowest BCUT2D eigenvalue weighted by Gasteiger charge is -1.95. The number of nitrogens with zero attached hydrogens (tertiary/aromatic N) is 2. The van der Waals surface area contributed by atoms with Crippen molar-refractivity contribution in [2.75, 3.05) is 5.73 Å². The monoisotopic (exact) mass is 178 g/mol. The Balaban J connectivity index is 2.59. The van der Waals surface area contributed by atoms with Crippen LogP contribution in [0.5, 0.6) is 0 Å². The van der Waals surface area contributed by atoms with E-state index in [1.165, 1.54) is 12.5 Å². The predicted octanol–water partition coefficient (Wildman–Crippen LogP) is 0.00710. The SMILES string of the molecule is Nc1nc(-c2ccoc2)[nH]c(=O)n1. The number of hydrogen-bond donors (Lipinski definition) is 2. The maximum Gasteiger partial charge on any atom is 0.349 e. The summed E-state index contributed by atoms with van der Waals surface area (Å²) in [6, 6.07) is 1.66. The highest BCUT2D eigenvalue weighted by molar-refractivity contribution is 5.52. The number of aromatic amines is 1. The van der Waals surface area contributed by atoms with E-state index < -0.39 is 5.69 Å². The maximum absolute atomic E-state index is 10.9. The third-order valence-corrected chi connectivity index (χ3v) is 1.46. The highest BCUT2D eigenvalue weighted by atomic mass is 16.3. The molecule has 2 aromatic rings. The van der Waals surface area contributed by atoms with E-state index in [4.69, 9.17) is 10.2 Å². The van der Waals surface area contributed by atoms with Gasteiger partial charge in [0.1, 0.15) is 12.1 Å². The van der Waals surface area contributed by atoms with Gasteiger partial charge in [-0.05, 0) is 6.07 Å². The molecule has 0 atom stereocenters. The molecule has 0 aliphatic carbocycles. The van der Waals surface area contributed by atoms with Crippen LogP contribution < -0.4 is 11.4 Å². The molecule has 0 radical (unpaired) electrons. The van der Waals surface area contributed by atoms with Crippen LogP contribution in [0, 0.1) is 0 Å². The molecule has 6 heteroatoms. The molecule has 2 rings (SSSR count). The number of nitrogen functional groups attached to an aromatic ring is 1. The number of nitrogens with one attached hydrogen (secondary N) is 1. The fraction of sp³-hybridized carbons (Fsp3) is 0. The van der Waals surface area contributed by atoms with Gasteiger partial charge in [0.05, 0.1) is 11.8 Å². The lowest BCUT2D eigenvalue weighted by Crippen LogP contribution is -2.15. The summed E-state index contributed by atoms with van der Waals surface area (Å²) >= 11 is 0. The molecule has 0 amide bonds. The van der Waals surface area contributed by atoms with Crippen LogP contribution in [0.15, 0.2) is 27.8 Å². The maximum atomic E-state index is 10.9. The van der Waals surface area contributed by atoms with Gasteiger partial charge in [-0.2, -0.15) is 9.97 Å². The van der Waals surface area contributed by atoms with Gasteiger partial charge in [-0.3, -0.25) is 4.98 Å². The molecule has 13 heavy (non-hydrogen) atoms. The first kappa shape index (κ1) is 7.53. The van der Waals surface area contributed by atoms with Crippen molar-refractivity contribution < 1.29 is 4.42 Å². The first-order valence-electron chi connectivity index (χ1n) is 3.52. The zero-order chi connectivity index (χ0) is 9.26. The summed E-state index contributed by atoms with van der Waals surface area (Å²) in [7, 11) is 0. The van der Waals surface area contributed by atoms with Gasteiger partial charge in [-0.25, -0.2) is 4.79 Å². The molecule has 66 valence electrons. The third kappa shape index (κ3) is 1.41. The molecule has 3 N–H and O–H groups in total. The number of anilines is 1. The number of H-pyrrole nitrogens is 1. The van der Waals surface area contributed by atoms with Gasteiger partial charge >= 0.3 is 5.69 Å². The van der Waals surface area contributed by atoms with E-state index in [0.717, 1.165) is 0 Å². The fourth-order valence-electron chi connectivity index (χ4n) is 0.937. The molecule has 2 heterocycles. The molecule has 0 saturated carbocycles. The zero-order valence-electron chi connectivity index (χ0n) is 6.52. The van der Waals surface area contributed by atoms with Crippen molar-refractivity contribution in [3.05, 3.63) is 29.1 Å². The van der Waals surface area contributed by atoms with Crippen LogP contribution in [0.2, 0.25) is 0 Å². The molecular weight excluding hydrogens is 172 g/mol. The molecule has 0 aliphatic heterocycles. The minimum atomic E-state index is -0.524. The Morgan fingerprint density at radius 1 is 1.46 bits per heavy atom. The van der Waals surface area contributed by atoms with E-state index in [0.29, 0.717) is 11.4 Å². The Kier molecular flexibility index (Phi) is 1.59. The van der Waals surface area contributed by atoms with Crippen molar-refractivity contribution in [3.63, 3.8) is 0 Å². The summed E-state index contributed by atoms with van der Waals surface area (Å²) in [6.45, 7) is 0. The Morgan fingerprint density at radius 2 is 2.31 bits per heavy atom. The van der Waals surface area contributed by atoms with Crippen molar-refractivity contribution in [3.8, 4) is 11.4 Å². The van der Waals surface area contributed by atoms with Crippen LogP contribution in [-0.2, 0) is 0 Å². The van der Waals surface area contributed by atoms with Crippen molar-refractivity contribution in [2.24, 2.45) is 0 Å². The lowest BCUT2D eigenvalue weighted by atomic mass is 10.3. The van der Waals surface area contributed by atoms with Gasteiger partial charge in [-0.1, -0.05) is 0 Å². The largest absolute Gasteiger partial charge is 0.472 e. The third-order valence-electron chi connectivity index (χ3n) is 1.46. The van der Waals surface area contributed by atoms with Gasteiger partial charge in [0.15, 0.2) is 0 Å². The van der Waals surface area contributed by atoms with Gasteiger partial charge in [0.2, 0.25) is 5.95 Å². The molecule has 2 aromatic heterocycles. The highest BCUT2D eigenvalue weighted by Gasteiger charge is 2.03. The van der Waals surface area contributed by atoms with Crippen LogP contribution in [-0.4, -0.2) is 15.0 Å². The Morgan fingerprint density at radius 3 is 2.92 bits per heavy atom. The molecule has 0 fully saturated rings. The van der Waals surface area contributed by atoms with Crippen molar-refractivity contribution in [2.45, 2.75) is 0 Å².